The van der Waals surface area contributed by atoms with Gasteiger partial charge in [0.15, 0.2) is 0 Å². The van der Waals surface area contributed by atoms with Gasteiger partial charge in [0, 0.05) is 26.6 Å². The predicted octanol–water partition coefficient (Wildman–Crippen LogP) is 4.76. The van der Waals surface area contributed by atoms with Crippen LogP contribution in [0, 0.1) is 0 Å². The molecule has 3 amide bonds. The minimum absolute atomic E-state index is 0.0256. The van der Waals surface area contributed by atoms with Crippen molar-refractivity contribution in [3.63, 3.8) is 0 Å². The SMILES string of the molecule is O=C(CSC1CC(=O)N(c2cc(Cl)cc(Cl)c2)C1=O)Nc1cccc(Br)c1. The first kappa shape index (κ1) is 20.2. The van der Waals surface area contributed by atoms with Crippen LogP contribution in [0.2, 0.25) is 10.0 Å². The quantitative estimate of drug-likeness (QED) is 0.617. The highest BCUT2D eigenvalue weighted by molar-refractivity contribution is 9.10. The van der Waals surface area contributed by atoms with Crippen LogP contribution < -0.4 is 10.2 Å². The van der Waals surface area contributed by atoms with Crippen LogP contribution in [0.5, 0.6) is 0 Å². The number of nitrogens with zero attached hydrogens (tertiary/aromatic N) is 1. The molecule has 27 heavy (non-hydrogen) atoms. The van der Waals surface area contributed by atoms with Crippen molar-refractivity contribution in [3.05, 3.63) is 57.0 Å². The van der Waals surface area contributed by atoms with Crippen molar-refractivity contribution in [2.24, 2.45) is 0 Å². The Hall–Kier alpha value is -1.54. The summed E-state index contributed by atoms with van der Waals surface area (Å²) >= 11 is 16.4. The predicted molar refractivity (Wildman–Crippen MR) is 113 cm³/mol. The Kier molecular flexibility index (Phi) is 6.47. The van der Waals surface area contributed by atoms with Crippen molar-refractivity contribution < 1.29 is 14.4 Å². The first-order valence-corrected chi connectivity index (χ1v) is 10.4. The lowest BCUT2D eigenvalue weighted by Gasteiger charge is -2.15. The van der Waals surface area contributed by atoms with E-state index in [0.717, 1.165) is 21.1 Å². The lowest BCUT2D eigenvalue weighted by atomic mass is 10.3. The first-order valence-electron chi connectivity index (χ1n) is 7.83. The molecule has 0 aliphatic carbocycles. The Labute approximate surface area is 178 Å². The van der Waals surface area contributed by atoms with E-state index in [9.17, 15) is 14.4 Å². The molecule has 2 aromatic rings. The molecule has 1 atom stereocenters. The van der Waals surface area contributed by atoms with E-state index in [1.165, 1.54) is 18.2 Å². The van der Waals surface area contributed by atoms with Crippen molar-refractivity contribution in [2.45, 2.75) is 11.7 Å². The molecule has 3 rings (SSSR count). The summed E-state index contributed by atoms with van der Waals surface area (Å²) in [6.07, 6.45) is 0.0256. The number of hydrogen-bond acceptors (Lipinski definition) is 4. The van der Waals surface area contributed by atoms with Crippen molar-refractivity contribution in [2.75, 3.05) is 16.0 Å². The van der Waals surface area contributed by atoms with E-state index in [0.29, 0.717) is 21.4 Å². The van der Waals surface area contributed by atoms with Gasteiger partial charge in [-0.1, -0.05) is 45.2 Å². The van der Waals surface area contributed by atoms with E-state index >= 15 is 0 Å². The van der Waals surface area contributed by atoms with Gasteiger partial charge in [-0.15, -0.1) is 11.8 Å². The minimum Gasteiger partial charge on any atom is -0.325 e. The monoisotopic (exact) mass is 486 g/mol. The minimum atomic E-state index is -0.622. The second kappa shape index (κ2) is 8.65. The zero-order chi connectivity index (χ0) is 19.6. The van der Waals surface area contributed by atoms with Crippen LogP contribution in [0.3, 0.4) is 0 Å². The molecule has 0 spiro atoms. The molecule has 1 aliphatic heterocycles. The van der Waals surface area contributed by atoms with Gasteiger partial charge in [0.1, 0.15) is 0 Å². The summed E-state index contributed by atoms with van der Waals surface area (Å²) in [5.74, 6) is -0.912. The van der Waals surface area contributed by atoms with Gasteiger partial charge in [0.2, 0.25) is 17.7 Å². The molecule has 0 radical (unpaired) electrons. The number of thioether (sulfide) groups is 1. The van der Waals surface area contributed by atoms with Gasteiger partial charge in [-0.05, 0) is 36.4 Å². The van der Waals surface area contributed by atoms with Crippen molar-refractivity contribution in [3.8, 4) is 0 Å². The number of halogens is 3. The van der Waals surface area contributed by atoms with Crippen molar-refractivity contribution >= 4 is 80.0 Å². The number of benzene rings is 2. The molecular formula is C18H13BrCl2N2O3S. The number of carbonyl (C=O) groups excluding carboxylic acids is 3. The van der Waals surface area contributed by atoms with Crippen LogP contribution in [-0.4, -0.2) is 28.7 Å². The Morgan fingerprint density at radius 2 is 1.89 bits per heavy atom. The summed E-state index contributed by atoms with van der Waals surface area (Å²) in [4.78, 5) is 38.1. The fraction of sp³-hybridized carbons (Fsp3) is 0.167. The topological polar surface area (TPSA) is 66.5 Å². The molecule has 0 aromatic heterocycles. The normalized spacial score (nSPS) is 16.7. The molecule has 2 aromatic carbocycles. The fourth-order valence-electron chi connectivity index (χ4n) is 2.61. The van der Waals surface area contributed by atoms with Gasteiger partial charge in [-0.25, -0.2) is 4.90 Å². The van der Waals surface area contributed by atoms with E-state index in [4.69, 9.17) is 23.2 Å². The molecular weight excluding hydrogens is 475 g/mol. The average Bonchev–Trinajstić information content (AvgIpc) is 2.86. The van der Waals surface area contributed by atoms with E-state index < -0.39 is 5.25 Å². The number of hydrogen-bond donors (Lipinski definition) is 1. The van der Waals surface area contributed by atoms with Crippen molar-refractivity contribution in [1.29, 1.82) is 0 Å². The molecule has 1 unspecified atom stereocenters. The van der Waals surface area contributed by atoms with E-state index in [-0.39, 0.29) is 29.9 Å². The molecule has 0 saturated carbocycles. The zero-order valence-corrected chi connectivity index (χ0v) is 17.7. The Morgan fingerprint density at radius 3 is 2.56 bits per heavy atom. The van der Waals surface area contributed by atoms with Gasteiger partial charge in [0.05, 0.1) is 16.7 Å². The maximum Gasteiger partial charge on any atom is 0.247 e. The molecule has 0 bridgehead atoms. The zero-order valence-electron chi connectivity index (χ0n) is 13.7. The molecule has 140 valence electrons. The summed E-state index contributed by atoms with van der Waals surface area (Å²) in [6, 6.07) is 11.7. The Bertz CT molecular complexity index is 905. The van der Waals surface area contributed by atoms with Gasteiger partial charge < -0.3 is 5.32 Å². The van der Waals surface area contributed by atoms with Gasteiger partial charge >= 0.3 is 0 Å². The van der Waals surface area contributed by atoms with Crippen LogP contribution in [0.15, 0.2) is 46.9 Å². The molecule has 9 heteroatoms. The molecule has 1 N–H and O–H groups in total. The van der Waals surface area contributed by atoms with Gasteiger partial charge in [-0.2, -0.15) is 0 Å². The number of anilines is 2. The average molecular weight is 488 g/mol. The Morgan fingerprint density at radius 1 is 1.19 bits per heavy atom. The van der Waals surface area contributed by atoms with E-state index in [1.807, 2.05) is 6.07 Å². The highest BCUT2D eigenvalue weighted by atomic mass is 79.9. The summed E-state index contributed by atoms with van der Waals surface area (Å²) in [7, 11) is 0. The smallest absolute Gasteiger partial charge is 0.247 e. The van der Waals surface area contributed by atoms with Crippen LogP contribution in [0.1, 0.15) is 6.42 Å². The van der Waals surface area contributed by atoms with E-state index in [1.54, 1.807) is 18.2 Å². The standard InChI is InChI=1S/C18H13BrCl2N2O3S/c19-10-2-1-3-13(4-10)22-16(24)9-27-15-8-17(25)23(18(15)26)14-6-11(20)5-12(21)7-14/h1-7,15H,8-9H2,(H,22,24). The van der Waals surface area contributed by atoms with Crippen LogP contribution in [0.25, 0.3) is 0 Å². The number of nitrogens with one attached hydrogen (secondary N) is 1. The number of carbonyl (C=O) groups is 3. The molecule has 1 saturated heterocycles. The molecule has 1 heterocycles. The molecule has 1 aliphatic rings. The third kappa shape index (κ3) is 5.04. The second-order valence-corrected chi connectivity index (χ2v) is 8.74. The Balaban J connectivity index is 1.62. The van der Waals surface area contributed by atoms with Crippen LogP contribution in [0.4, 0.5) is 11.4 Å². The lowest BCUT2D eigenvalue weighted by molar-refractivity contribution is -0.121. The lowest BCUT2D eigenvalue weighted by Crippen LogP contribution is -2.31. The first-order chi connectivity index (χ1) is 12.8. The van der Waals surface area contributed by atoms with Crippen LogP contribution in [-0.2, 0) is 14.4 Å². The maximum atomic E-state index is 12.6. The largest absolute Gasteiger partial charge is 0.325 e. The number of rotatable bonds is 5. The van der Waals surface area contributed by atoms with Gasteiger partial charge in [0.25, 0.3) is 0 Å². The molecule has 5 nitrogen and oxygen atoms in total. The van der Waals surface area contributed by atoms with E-state index in [2.05, 4.69) is 21.2 Å². The van der Waals surface area contributed by atoms with Gasteiger partial charge in [-0.3, -0.25) is 14.4 Å². The summed E-state index contributed by atoms with van der Waals surface area (Å²) in [5.41, 5.74) is 0.989. The summed E-state index contributed by atoms with van der Waals surface area (Å²) in [6.45, 7) is 0. The third-order valence-corrected chi connectivity index (χ3v) is 5.86. The van der Waals surface area contributed by atoms with Crippen molar-refractivity contribution in [1.82, 2.24) is 0 Å². The number of amides is 3. The fourth-order valence-corrected chi connectivity index (χ4v) is 4.46. The highest BCUT2D eigenvalue weighted by Crippen LogP contribution is 2.33. The van der Waals surface area contributed by atoms with Crippen LogP contribution >= 0.6 is 50.9 Å². The second-order valence-electron chi connectivity index (χ2n) is 5.76. The highest BCUT2D eigenvalue weighted by Gasteiger charge is 2.40. The summed E-state index contributed by atoms with van der Waals surface area (Å²) in [5, 5.41) is 2.81. The summed E-state index contributed by atoms with van der Waals surface area (Å²) < 4.78 is 0.848. The number of imide groups is 1. The maximum absolute atomic E-state index is 12.6. The third-order valence-electron chi connectivity index (χ3n) is 3.73. The molecule has 1 fully saturated rings.